The average Bonchev–Trinajstić information content (AvgIpc) is 3.11. The first kappa shape index (κ1) is 19.6. The third kappa shape index (κ3) is 4.95. The van der Waals surface area contributed by atoms with Crippen LogP contribution in [-0.2, 0) is 9.59 Å². The second-order valence-electron chi connectivity index (χ2n) is 6.22. The topological polar surface area (TPSA) is 102 Å². The number of nitrogens with one attached hydrogen (secondary N) is 2. The lowest BCUT2D eigenvalue weighted by Crippen LogP contribution is -2.23. The van der Waals surface area contributed by atoms with Crippen LogP contribution >= 0.6 is 11.8 Å². The Morgan fingerprint density at radius 3 is 2.21 bits per heavy atom. The van der Waals surface area contributed by atoms with Crippen LogP contribution in [0.15, 0.2) is 53.7 Å². The fourth-order valence-corrected chi connectivity index (χ4v) is 3.20. The van der Waals surface area contributed by atoms with Crippen LogP contribution in [-0.4, -0.2) is 37.3 Å². The van der Waals surface area contributed by atoms with E-state index in [1.54, 1.807) is 35.9 Å². The zero-order valence-corrected chi connectivity index (χ0v) is 16.5. The van der Waals surface area contributed by atoms with Crippen LogP contribution in [0.3, 0.4) is 0 Å². The zero-order valence-electron chi connectivity index (χ0n) is 15.7. The number of hydrogen-bond donors (Lipinski definition) is 2. The fourth-order valence-electron chi connectivity index (χ4n) is 2.40. The molecule has 0 saturated carbocycles. The van der Waals surface area contributed by atoms with Crippen LogP contribution in [0.25, 0.3) is 5.69 Å². The molecule has 0 radical (unpaired) electrons. The molecule has 1 atom stereocenters. The van der Waals surface area contributed by atoms with Crippen molar-refractivity contribution in [2.75, 3.05) is 10.6 Å². The predicted octanol–water partition coefficient (Wildman–Crippen LogP) is 3.05. The predicted molar refractivity (Wildman–Crippen MR) is 109 cm³/mol. The van der Waals surface area contributed by atoms with Crippen molar-refractivity contribution in [2.24, 2.45) is 0 Å². The Bertz CT molecular complexity index is 969. The molecule has 1 aromatic heterocycles. The Labute approximate surface area is 166 Å². The van der Waals surface area contributed by atoms with Crippen LogP contribution in [0.5, 0.6) is 0 Å². The molecule has 8 nitrogen and oxygen atoms in total. The van der Waals surface area contributed by atoms with Crippen molar-refractivity contribution in [3.05, 3.63) is 54.1 Å². The average molecular weight is 396 g/mol. The maximum atomic E-state index is 12.5. The van der Waals surface area contributed by atoms with Crippen molar-refractivity contribution in [3.63, 3.8) is 0 Å². The molecule has 3 aromatic rings. The Morgan fingerprint density at radius 1 is 1.00 bits per heavy atom. The summed E-state index contributed by atoms with van der Waals surface area (Å²) in [4.78, 5) is 23.6. The van der Waals surface area contributed by atoms with Crippen molar-refractivity contribution in [1.29, 1.82) is 0 Å². The van der Waals surface area contributed by atoms with Crippen LogP contribution in [0.4, 0.5) is 11.4 Å². The number of anilines is 2. The summed E-state index contributed by atoms with van der Waals surface area (Å²) in [7, 11) is 0. The van der Waals surface area contributed by atoms with Crippen molar-refractivity contribution in [2.45, 2.75) is 31.2 Å². The highest BCUT2D eigenvalue weighted by atomic mass is 32.2. The number of rotatable bonds is 6. The molecule has 2 amide bonds. The molecule has 0 fully saturated rings. The molecule has 0 bridgehead atoms. The van der Waals surface area contributed by atoms with Gasteiger partial charge in [-0.3, -0.25) is 9.59 Å². The van der Waals surface area contributed by atoms with Gasteiger partial charge in [-0.15, -0.1) is 5.10 Å². The van der Waals surface area contributed by atoms with E-state index in [2.05, 4.69) is 26.2 Å². The maximum Gasteiger partial charge on any atom is 0.237 e. The fraction of sp³-hybridized carbons (Fsp3) is 0.211. The molecule has 144 valence electrons. The Kier molecular flexibility index (Phi) is 6.05. The Balaban J connectivity index is 1.64. The smallest absolute Gasteiger partial charge is 0.237 e. The summed E-state index contributed by atoms with van der Waals surface area (Å²) in [6.45, 7) is 5.24. The first-order valence-corrected chi connectivity index (χ1v) is 9.51. The minimum Gasteiger partial charge on any atom is -0.326 e. The number of nitrogens with zero attached hydrogens (tertiary/aromatic N) is 4. The van der Waals surface area contributed by atoms with E-state index in [1.807, 2.05) is 31.2 Å². The van der Waals surface area contributed by atoms with Crippen LogP contribution in [0.1, 0.15) is 19.4 Å². The summed E-state index contributed by atoms with van der Waals surface area (Å²) < 4.78 is 1.61. The van der Waals surface area contributed by atoms with Gasteiger partial charge >= 0.3 is 0 Å². The molecule has 2 N–H and O–H groups in total. The molecule has 0 aliphatic carbocycles. The SMILES string of the molecule is CC(=O)Nc1ccc(NC(=O)[C@@H](C)Sc2nnnn2-c2ccc(C)cc2)cc1. The molecule has 0 unspecified atom stereocenters. The standard InChI is InChI=1S/C19H20N6O2S/c1-12-4-10-17(11-5-12)25-19(22-23-24-25)28-13(2)18(27)21-16-8-6-15(7-9-16)20-14(3)26/h4-11,13H,1-3H3,(H,20,26)(H,21,27)/t13-/m1/s1. The van der Waals surface area contributed by atoms with E-state index in [4.69, 9.17) is 0 Å². The molecule has 0 saturated heterocycles. The molecule has 1 heterocycles. The van der Waals surface area contributed by atoms with E-state index in [0.717, 1.165) is 11.3 Å². The summed E-state index contributed by atoms with van der Waals surface area (Å²) in [5, 5.41) is 17.4. The van der Waals surface area contributed by atoms with Gasteiger partial charge in [-0.2, -0.15) is 4.68 Å². The van der Waals surface area contributed by atoms with Crippen molar-refractivity contribution in [1.82, 2.24) is 20.2 Å². The van der Waals surface area contributed by atoms with Crippen LogP contribution < -0.4 is 10.6 Å². The number of carbonyl (C=O) groups is 2. The second kappa shape index (κ2) is 8.66. The number of hydrogen-bond acceptors (Lipinski definition) is 6. The van der Waals surface area contributed by atoms with Crippen molar-refractivity contribution >= 4 is 35.0 Å². The lowest BCUT2D eigenvalue weighted by Gasteiger charge is -2.12. The number of amides is 2. The van der Waals surface area contributed by atoms with Crippen molar-refractivity contribution < 1.29 is 9.59 Å². The van der Waals surface area contributed by atoms with Gasteiger partial charge in [-0.05, 0) is 60.7 Å². The minimum atomic E-state index is -0.412. The molecule has 28 heavy (non-hydrogen) atoms. The molecule has 0 aliphatic heterocycles. The molecular weight excluding hydrogens is 376 g/mol. The number of carbonyl (C=O) groups excluding carboxylic acids is 2. The number of tetrazole rings is 1. The number of thioether (sulfide) groups is 1. The third-order valence-electron chi connectivity index (χ3n) is 3.84. The lowest BCUT2D eigenvalue weighted by molar-refractivity contribution is -0.115. The number of aryl methyl sites for hydroxylation is 1. The van der Waals surface area contributed by atoms with E-state index in [-0.39, 0.29) is 11.8 Å². The highest BCUT2D eigenvalue weighted by Gasteiger charge is 2.19. The van der Waals surface area contributed by atoms with Crippen LogP contribution in [0, 0.1) is 6.92 Å². The Hall–Kier alpha value is -3.20. The van der Waals surface area contributed by atoms with Gasteiger partial charge in [0.15, 0.2) is 0 Å². The van der Waals surface area contributed by atoms with Crippen LogP contribution in [0.2, 0.25) is 0 Å². The Morgan fingerprint density at radius 2 is 1.61 bits per heavy atom. The van der Waals surface area contributed by atoms with E-state index in [0.29, 0.717) is 16.5 Å². The highest BCUT2D eigenvalue weighted by molar-refractivity contribution is 8.00. The zero-order chi connectivity index (χ0) is 20.1. The first-order valence-electron chi connectivity index (χ1n) is 8.63. The summed E-state index contributed by atoms with van der Waals surface area (Å²) in [6, 6.07) is 14.7. The van der Waals surface area contributed by atoms with Crippen molar-refractivity contribution in [3.8, 4) is 5.69 Å². The van der Waals surface area contributed by atoms with E-state index >= 15 is 0 Å². The van der Waals surface area contributed by atoms with Gasteiger partial charge in [-0.1, -0.05) is 29.5 Å². The van der Waals surface area contributed by atoms with E-state index in [1.165, 1.54) is 18.7 Å². The number of benzene rings is 2. The lowest BCUT2D eigenvalue weighted by atomic mass is 10.2. The summed E-state index contributed by atoms with van der Waals surface area (Å²) in [5.41, 5.74) is 3.29. The number of aromatic nitrogens is 4. The summed E-state index contributed by atoms with van der Waals surface area (Å²) >= 11 is 1.27. The van der Waals surface area contributed by atoms with Gasteiger partial charge in [0.1, 0.15) is 0 Å². The molecule has 9 heteroatoms. The quantitative estimate of drug-likeness (QED) is 0.621. The van der Waals surface area contributed by atoms with Gasteiger partial charge in [0.25, 0.3) is 0 Å². The van der Waals surface area contributed by atoms with Gasteiger partial charge < -0.3 is 10.6 Å². The molecular formula is C19H20N6O2S. The largest absolute Gasteiger partial charge is 0.326 e. The minimum absolute atomic E-state index is 0.145. The first-order chi connectivity index (χ1) is 13.4. The van der Waals surface area contributed by atoms with Gasteiger partial charge in [0.2, 0.25) is 17.0 Å². The van der Waals surface area contributed by atoms with E-state index in [9.17, 15) is 9.59 Å². The summed E-state index contributed by atoms with van der Waals surface area (Å²) in [5.74, 6) is -0.316. The monoisotopic (exact) mass is 396 g/mol. The third-order valence-corrected chi connectivity index (χ3v) is 4.88. The van der Waals surface area contributed by atoms with E-state index < -0.39 is 5.25 Å². The van der Waals surface area contributed by atoms with Gasteiger partial charge in [0, 0.05) is 18.3 Å². The van der Waals surface area contributed by atoms with Gasteiger partial charge in [0.05, 0.1) is 10.9 Å². The second-order valence-corrected chi connectivity index (χ2v) is 7.52. The summed E-state index contributed by atoms with van der Waals surface area (Å²) in [6.07, 6.45) is 0. The van der Waals surface area contributed by atoms with Gasteiger partial charge in [-0.25, -0.2) is 0 Å². The molecule has 0 spiro atoms. The molecule has 2 aromatic carbocycles. The molecule has 3 rings (SSSR count). The maximum absolute atomic E-state index is 12.5. The highest BCUT2D eigenvalue weighted by Crippen LogP contribution is 2.24. The normalized spacial score (nSPS) is 11.7. The molecule has 0 aliphatic rings.